The van der Waals surface area contributed by atoms with Crippen molar-refractivity contribution in [2.75, 3.05) is 6.61 Å². The van der Waals surface area contributed by atoms with E-state index in [4.69, 9.17) is 10.8 Å². The van der Waals surface area contributed by atoms with Crippen LogP contribution >= 0.6 is 33.9 Å². The van der Waals surface area contributed by atoms with Crippen LogP contribution in [0.25, 0.3) is 0 Å². The van der Waals surface area contributed by atoms with E-state index in [1.807, 2.05) is 13.8 Å². The summed E-state index contributed by atoms with van der Waals surface area (Å²) in [5, 5.41) is 10.0. The second kappa shape index (κ2) is 4.20. The Morgan fingerprint density at radius 1 is 1.77 bits per heavy atom. The molecule has 0 amide bonds. The summed E-state index contributed by atoms with van der Waals surface area (Å²) in [4.78, 5) is 4.20. The predicted octanol–water partition coefficient (Wildman–Crippen LogP) is 1.77. The van der Waals surface area contributed by atoms with E-state index in [0.717, 1.165) is 7.89 Å². The molecule has 0 spiro atoms. The Labute approximate surface area is 95.5 Å². The minimum Gasteiger partial charge on any atom is -0.396 e. The van der Waals surface area contributed by atoms with Gasteiger partial charge in [0.05, 0.1) is 21.7 Å². The number of hydrogen-bond acceptors (Lipinski definition) is 4. The quantitative estimate of drug-likeness (QED) is 0.836. The molecule has 74 valence electrons. The number of rotatable bonds is 3. The van der Waals surface area contributed by atoms with E-state index in [1.165, 1.54) is 0 Å². The lowest BCUT2D eigenvalue weighted by atomic mass is 9.86. The molecule has 0 aliphatic rings. The SMILES string of the molecule is CC(C)(CO)C(N)c1ncc(I)s1. The Bertz CT molecular complexity index is 287. The molecule has 3 nitrogen and oxygen atoms in total. The molecule has 0 saturated carbocycles. The zero-order valence-electron chi connectivity index (χ0n) is 7.62. The molecule has 1 aromatic heterocycles. The molecular weight excluding hydrogens is 299 g/mol. The molecule has 1 unspecified atom stereocenters. The highest BCUT2D eigenvalue weighted by molar-refractivity contribution is 14.1. The van der Waals surface area contributed by atoms with Gasteiger partial charge < -0.3 is 10.8 Å². The fraction of sp³-hybridized carbons (Fsp3) is 0.625. The van der Waals surface area contributed by atoms with Gasteiger partial charge >= 0.3 is 0 Å². The Kier molecular flexibility index (Phi) is 3.67. The van der Waals surface area contributed by atoms with E-state index >= 15 is 0 Å². The molecule has 13 heavy (non-hydrogen) atoms. The zero-order valence-corrected chi connectivity index (χ0v) is 10.6. The van der Waals surface area contributed by atoms with Crippen molar-refractivity contribution in [3.63, 3.8) is 0 Å². The maximum Gasteiger partial charge on any atom is 0.111 e. The van der Waals surface area contributed by atoms with Crippen LogP contribution in [0.1, 0.15) is 24.9 Å². The molecule has 3 N–H and O–H groups in total. The normalized spacial score (nSPS) is 14.5. The molecule has 0 aromatic carbocycles. The molecular formula is C8H13IN2OS. The lowest BCUT2D eigenvalue weighted by Gasteiger charge is -2.27. The second-order valence-electron chi connectivity index (χ2n) is 3.63. The number of nitrogens with zero attached hydrogens (tertiary/aromatic N) is 1. The molecule has 1 aromatic rings. The molecule has 0 saturated heterocycles. The highest BCUT2D eigenvalue weighted by Gasteiger charge is 2.28. The van der Waals surface area contributed by atoms with E-state index in [0.29, 0.717) is 0 Å². The molecule has 1 rings (SSSR count). The van der Waals surface area contributed by atoms with E-state index in [2.05, 4.69) is 27.6 Å². The van der Waals surface area contributed by atoms with Gasteiger partial charge in [-0.1, -0.05) is 13.8 Å². The van der Waals surface area contributed by atoms with Crippen molar-refractivity contribution < 1.29 is 5.11 Å². The van der Waals surface area contributed by atoms with Gasteiger partial charge in [-0.05, 0) is 22.6 Å². The van der Waals surface area contributed by atoms with Gasteiger partial charge in [-0.25, -0.2) is 4.98 Å². The summed E-state index contributed by atoms with van der Waals surface area (Å²) >= 11 is 3.79. The first-order valence-electron chi connectivity index (χ1n) is 3.95. The van der Waals surface area contributed by atoms with Gasteiger partial charge in [0.2, 0.25) is 0 Å². The summed E-state index contributed by atoms with van der Waals surface area (Å²) in [6, 6.07) is -0.189. The number of aromatic nitrogens is 1. The Morgan fingerprint density at radius 3 is 2.77 bits per heavy atom. The maximum atomic E-state index is 9.13. The van der Waals surface area contributed by atoms with Crippen molar-refractivity contribution in [3.05, 3.63) is 14.1 Å². The van der Waals surface area contributed by atoms with Crippen LogP contribution in [-0.2, 0) is 0 Å². The van der Waals surface area contributed by atoms with Crippen LogP contribution in [0.5, 0.6) is 0 Å². The standard InChI is InChI=1S/C8H13IN2OS/c1-8(2,4-12)6(10)7-11-3-5(9)13-7/h3,6,12H,4,10H2,1-2H3. The fourth-order valence-electron chi connectivity index (χ4n) is 0.843. The predicted molar refractivity (Wildman–Crippen MR) is 62.6 cm³/mol. The van der Waals surface area contributed by atoms with Crippen molar-refractivity contribution in [3.8, 4) is 0 Å². The van der Waals surface area contributed by atoms with Crippen LogP contribution in [0.15, 0.2) is 6.20 Å². The van der Waals surface area contributed by atoms with Gasteiger partial charge in [-0.15, -0.1) is 11.3 Å². The lowest BCUT2D eigenvalue weighted by molar-refractivity contribution is 0.132. The van der Waals surface area contributed by atoms with Crippen molar-refractivity contribution in [1.29, 1.82) is 0 Å². The fourth-order valence-corrected chi connectivity index (χ4v) is 2.52. The molecule has 0 aliphatic heterocycles. The van der Waals surface area contributed by atoms with Gasteiger partial charge in [0.1, 0.15) is 5.01 Å². The molecule has 1 heterocycles. The number of nitrogens with two attached hydrogens (primary N) is 1. The summed E-state index contributed by atoms with van der Waals surface area (Å²) in [5.41, 5.74) is 5.68. The first-order valence-corrected chi connectivity index (χ1v) is 5.84. The first-order chi connectivity index (χ1) is 5.97. The van der Waals surface area contributed by atoms with Crippen molar-refractivity contribution >= 4 is 33.9 Å². The largest absolute Gasteiger partial charge is 0.396 e. The number of aliphatic hydroxyl groups excluding tert-OH is 1. The van der Waals surface area contributed by atoms with Crippen LogP contribution in [0.3, 0.4) is 0 Å². The third kappa shape index (κ3) is 2.61. The molecule has 0 radical (unpaired) electrons. The highest BCUT2D eigenvalue weighted by Crippen LogP contribution is 2.32. The van der Waals surface area contributed by atoms with E-state index in [-0.39, 0.29) is 18.1 Å². The first kappa shape index (κ1) is 11.4. The smallest absolute Gasteiger partial charge is 0.111 e. The minimum absolute atomic E-state index is 0.0737. The van der Waals surface area contributed by atoms with Gasteiger partial charge in [-0.3, -0.25) is 0 Å². The molecule has 0 fully saturated rings. The molecule has 0 aliphatic carbocycles. The average Bonchev–Trinajstić information content (AvgIpc) is 2.50. The third-order valence-corrected chi connectivity index (χ3v) is 3.82. The average molecular weight is 312 g/mol. The summed E-state index contributed by atoms with van der Waals surface area (Å²) in [7, 11) is 0. The van der Waals surface area contributed by atoms with Gasteiger partial charge in [0.15, 0.2) is 0 Å². The van der Waals surface area contributed by atoms with Gasteiger partial charge in [0, 0.05) is 5.41 Å². The summed E-state index contributed by atoms with van der Waals surface area (Å²) in [6.07, 6.45) is 1.80. The Morgan fingerprint density at radius 2 is 2.38 bits per heavy atom. The highest BCUT2D eigenvalue weighted by atomic mass is 127. The maximum absolute atomic E-state index is 9.13. The number of aliphatic hydroxyl groups is 1. The van der Waals surface area contributed by atoms with Gasteiger partial charge in [-0.2, -0.15) is 0 Å². The van der Waals surface area contributed by atoms with Crippen molar-refractivity contribution in [2.24, 2.45) is 11.1 Å². The summed E-state index contributed by atoms with van der Waals surface area (Å²) in [5.74, 6) is 0. The summed E-state index contributed by atoms with van der Waals surface area (Å²) in [6.45, 7) is 3.95. The zero-order chi connectivity index (χ0) is 10.1. The van der Waals surface area contributed by atoms with E-state index in [9.17, 15) is 0 Å². The Balaban J connectivity index is 2.84. The topological polar surface area (TPSA) is 59.1 Å². The Hall–Kier alpha value is 0.280. The number of hydrogen-bond donors (Lipinski definition) is 2. The molecule has 0 bridgehead atoms. The molecule has 1 atom stereocenters. The minimum atomic E-state index is -0.305. The van der Waals surface area contributed by atoms with Crippen LogP contribution in [-0.4, -0.2) is 16.7 Å². The van der Waals surface area contributed by atoms with Crippen molar-refractivity contribution in [1.82, 2.24) is 4.98 Å². The van der Waals surface area contributed by atoms with E-state index < -0.39 is 0 Å². The van der Waals surface area contributed by atoms with Crippen LogP contribution in [0.2, 0.25) is 0 Å². The second-order valence-corrected chi connectivity index (χ2v) is 6.58. The van der Waals surface area contributed by atoms with Crippen LogP contribution in [0.4, 0.5) is 0 Å². The van der Waals surface area contributed by atoms with Gasteiger partial charge in [0.25, 0.3) is 0 Å². The number of thiazole rings is 1. The van der Waals surface area contributed by atoms with Crippen LogP contribution < -0.4 is 5.73 Å². The summed E-state index contributed by atoms with van der Waals surface area (Å²) < 4.78 is 1.12. The van der Waals surface area contributed by atoms with Crippen LogP contribution in [0, 0.1) is 8.30 Å². The number of halogens is 1. The monoisotopic (exact) mass is 312 g/mol. The molecule has 5 heteroatoms. The third-order valence-electron chi connectivity index (χ3n) is 2.01. The lowest BCUT2D eigenvalue weighted by Crippen LogP contribution is -2.32. The van der Waals surface area contributed by atoms with E-state index in [1.54, 1.807) is 17.5 Å². The van der Waals surface area contributed by atoms with Crippen molar-refractivity contribution in [2.45, 2.75) is 19.9 Å².